The summed E-state index contributed by atoms with van der Waals surface area (Å²) in [5, 5.41) is 0. The van der Waals surface area contributed by atoms with Crippen LogP contribution in [0.5, 0.6) is 0 Å². The lowest BCUT2D eigenvalue weighted by Gasteiger charge is -2.05. The van der Waals surface area contributed by atoms with Crippen LogP contribution in [0.2, 0.25) is 0 Å². The van der Waals surface area contributed by atoms with Gasteiger partial charge in [-0.15, -0.1) is 0 Å². The Morgan fingerprint density at radius 2 is 1.82 bits per heavy atom. The van der Waals surface area contributed by atoms with Crippen molar-refractivity contribution in [1.29, 1.82) is 0 Å². The van der Waals surface area contributed by atoms with Crippen LogP contribution in [0.25, 0.3) is 0 Å². The Morgan fingerprint density at radius 1 is 1.24 bits per heavy atom. The lowest BCUT2D eigenvalue weighted by atomic mass is 10.4. The Hall–Kier alpha value is -1.78. The molecule has 0 spiro atoms. The van der Waals surface area contributed by atoms with Crippen LogP contribution in [0.15, 0.2) is 16.5 Å². The average molecular weight is 240 g/mol. The minimum atomic E-state index is -0.588. The molecule has 17 heavy (non-hydrogen) atoms. The zero-order valence-corrected chi connectivity index (χ0v) is 10.2. The SMILES string of the molecule is CCCOC(=O)c1ccc(C(=O)OC(C)C)o1. The van der Waals surface area contributed by atoms with E-state index in [2.05, 4.69) is 0 Å². The van der Waals surface area contributed by atoms with Crippen molar-refractivity contribution in [1.82, 2.24) is 0 Å². The molecule has 0 aliphatic carbocycles. The number of ether oxygens (including phenoxy) is 2. The first-order valence-corrected chi connectivity index (χ1v) is 5.52. The monoisotopic (exact) mass is 240 g/mol. The van der Waals surface area contributed by atoms with Crippen molar-refractivity contribution in [2.75, 3.05) is 6.61 Å². The summed E-state index contributed by atoms with van der Waals surface area (Å²) < 4.78 is 14.8. The molecule has 1 aromatic heterocycles. The maximum absolute atomic E-state index is 11.4. The summed E-state index contributed by atoms with van der Waals surface area (Å²) in [7, 11) is 0. The topological polar surface area (TPSA) is 65.7 Å². The van der Waals surface area contributed by atoms with Gasteiger partial charge in [-0.1, -0.05) is 6.92 Å². The molecule has 5 heteroatoms. The zero-order valence-electron chi connectivity index (χ0n) is 10.2. The summed E-state index contributed by atoms with van der Waals surface area (Å²) in [6.07, 6.45) is 0.498. The van der Waals surface area contributed by atoms with E-state index in [0.29, 0.717) is 6.61 Å². The summed E-state index contributed by atoms with van der Waals surface area (Å²) in [6, 6.07) is 2.79. The van der Waals surface area contributed by atoms with E-state index in [-0.39, 0.29) is 17.6 Å². The molecule has 0 radical (unpaired) electrons. The molecule has 0 unspecified atom stereocenters. The van der Waals surface area contributed by atoms with E-state index < -0.39 is 11.9 Å². The van der Waals surface area contributed by atoms with Crippen LogP contribution in [0.1, 0.15) is 48.3 Å². The molecular weight excluding hydrogens is 224 g/mol. The largest absolute Gasteiger partial charge is 0.460 e. The summed E-state index contributed by atoms with van der Waals surface area (Å²) in [4.78, 5) is 22.8. The number of hydrogen-bond donors (Lipinski definition) is 0. The lowest BCUT2D eigenvalue weighted by molar-refractivity contribution is 0.0333. The molecule has 94 valence electrons. The third-order valence-corrected chi connectivity index (χ3v) is 1.79. The molecule has 0 N–H and O–H groups in total. The van der Waals surface area contributed by atoms with Gasteiger partial charge in [-0.3, -0.25) is 0 Å². The highest BCUT2D eigenvalue weighted by Crippen LogP contribution is 2.11. The maximum Gasteiger partial charge on any atom is 0.374 e. The molecular formula is C12H16O5. The Morgan fingerprint density at radius 3 is 2.35 bits per heavy atom. The predicted molar refractivity (Wildman–Crippen MR) is 59.8 cm³/mol. The molecule has 1 aromatic rings. The van der Waals surface area contributed by atoms with Crippen LogP contribution in [0.3, 0.4) is 0 Å². The molecule has 1 heterocycles. The standard InChI is InChI=1S/C12H16O5/c1-4-7-15-11(13)9-5-6-10(17-9)12(14)16-8(2)3/h5-6,8H,4,7H2,1-3H3. The van der Waals surface area contributed by atoms with Crippen LogP contribution in [0.4, 0.5) is 0 Å². The van der Waals surface area contributed by atoms with Crippen molar-refractivity contribution < 1.29 is 23.5 Å². The average Bonchev–Trinajstić information content (AvgIpc) is 2.74. The van der Waals surface area contributed by atoms with Gasteiger partial charge in [-0.2, -0.15) is 0 Å². The smallest absolute Gasteiger partial charge is 0.374 e. The predicted octanol–water partition coefficient (Wildman–Crippen LogP) is 2.41. The van der Waals surface area contributed by atoms with Crippen LogP contribution in [-0.2, 0) is 9.47 Å². The number of carbonyl (C=O) groups excluding carboxylic acids is 2. The normalized spacial score (nSPS) is 10.4. The third kappa shape index (κ3) is 3.94. The van der Waals surface area contributed by atoms with Crippen LogP contribution >= 0.6 is 0 Å². The maximum atomic E-state index is 11.4. The van der Waals surface area contributed by atoms with Crippen LogP contribution < -0.4 is 0 Å². The Balaban J connectivity index is 2.64. The van der Waals surface area contributed by atoms with Gasteiger partial charge in [0.25, 0.3) is 0 Å². The second-order valence-corrected chi connectivity index (χ2v) is 3.75. The lowest BCUT2D eigenvalue weighted by Crippen LogP contribution is -2.11. The molecule has 0 saturated heterocycles. The fourth-order valence-electron chi connectivity index (χ4n) is 1.10. The summed E-state index contributed by atoms with van der Waals surface area (Å²) >= 11 is 0. The first kappa shape index (κ1) is 13.3. The first-order chi connectivity index (χ1) is 8.04. The van der Waals surface area contributed by atoms with Gasteiger partial charge in [-0.05, 0) is 32.4 Å². The van der Waals surface area contributed by atoms with Crippen LogP contribution in [-0.4, -0.2) is 24.6 Å². The number of furan rings is 1. The van der Waals surface area contributed by atoms with Crippen molar-refractivity contribution >= 4 is 11.9 Å². The number of carbonyl (C=O) groups is 2. The highest BCUT2D eigenvalue weighted by Gasteiger charge is 2.18. The van der Waals surface area contributed by atoms with Gasteiger partial charge in [0.05, 0.1) is 12.7 Å². The molecule has 0 aromatic carbocycles. The molecule has 0 saturated carbocycles. The van der Waals surface area contributed by atoms with Gasteiger partial charge in [0, 0.05) is 0 Å². The van der Waals surface area contributed by atoms with Gasteiger partial charge in [0.2, 0.25) is 11.5 Å². The molecule has 0 amide bonds. The highest BCUT2D eigenvalue weighted by molar-refractivity contribution is 5.90. The van der Waals surface area contributed by atoms with Gasteiger partial charge in [0.1, 0.15) is 0 Å². The summed E-state index contributed by atoms with van der Waals surface area (Å²) in [5.41, 5.74) is 0. The number of rotatable bonds is 5. The Bertz CT molecular complexity index is 391. The fourth-order valence-corrected chi connectivity index (χ4v) is 1.10. The van der Waals surface area contributed by atoms with Crippen molar-refractivity contribution in [3.8, 4) is 0 Å². The van der Waals surface area contributed by atoms with Gasteiger partial charge in [0.15, 0.2) is 0 Å². The summed E-state index contributed by atoms with van der Waals surface area (Å²) in [6.45, 7) is 5.68. The first-order valence-electron chi connectivity index (χ1n) is 5.52. The second kappa shape index (κ2) is 6.08. The van der Waals surface area contributed by atoms with E-state index in [1.807, 2.05) is 6.92 Å². The van der Waals surface area contributed by atoms with Crippen molar-refractivity contribution in [2.45, 2.75) is 33.3 Å². The Labute approximate surface area is 99.7 Å². The molecule has 1 rings (SSSR count). The highest BCUT2D eigenvalue weighted by atomic mass is 16.6. The van der Waals surface area contributed by atoms with E-state index >= 15 is 0 Å². The minimum absolute atomic E-state index is 0.00199. The van der Waals surface area contributed by atoms with E-state index in [1.165, 1.54) is 12.1 Å². The third-order valence-electron chi connectivity index (χ3n) is 1.79. The Kier molecular flexibility index (Phi) is 4.75. The van der Waals surface area contributed by atoms with E-state index in [9.17, 15) is 9.59 Å². The number of esters is 2. The molecule has 5 nitrogen and oxygen atoms in total. The molecule has 0 atom stereocenters. The van der Waals surface area contributed by atoms with Gasteiger partial charge < -0.3 is 13.9 Å². The zero-order chi connectivity index (χ0) is 12.8. The van der Waals surface area contributed by atoms with Crippen molar-refractivity contribution in [2.24, 2.45) is 0 Å². The second-order valence-electron chi connectivity index (χ2n) is 3.75. The number of hydrogen-bond acceptors (Lipinski definition) is 5. The van der Waals surface area contributed by atoms with E-state index in [4.69, 9.17) is 13.9 Å². The quantitative estimate of drug-likeness (QED) is 0.739. The molecule has 0 bridgehead atoms. The summed E-state index contributed by atoms with van der Waals surface area (Å²) in [5.74, 6) is -1.15. The van der Waals surface area contributed by atoms with E-state index in [1.54, 1.807) is 13.8 Å². The van der Waals surface area contributed by atoms with Gasteiger partial charge >= 0.3 is 11.9 Å². The van der Waals surface area contributed by atoms with Crippen LogP contribution in [0, 0.1) is 0 Å². The molecule has 0 fully saturated rings. The molecule has 0 aliphatic heterocycles. The van der Waals surface area contributed by atoms with Crippen molar-refractivity contribution in [3.05, 3.63) is 23.7 Å². The van der Waals surface area contributed by atoms with Crippen molar-refractivity contribution in [3.63, 3.8) is 0 Å². The molecule has 0 aliphatic rings. The fraction of sp³-hybridized carbons (Fsp3) is 0.500. The minimum Gasteiger partial charge on any atom is -0.460 e. The van der Waals surface area contributed by atoms with Gasteiger partial charge in [-0.25, -0.2) is 9.59 Å². The van der Waals surface area contributed by atoms with E-state index in [0.717, 1.165) is 6.42 Å².